The van der Waals surface area contributed by atoms with Gasteiger partial charge in [-0.05, 0) is 30.2 Å². The molecule has 3 aromatic rings. The van der Waals surface area contributed by atoms with Crippen LogP contribution in [0.2, 0.25) is 0 Å². The molecule has 0 bridgehead atoms. The molecule has 0 unspecified atom stereocenters. The molecule has 0 atom stereocenters. The average molecular weight is 319 g/mol. The van der Waals surface area contributed by atoms with Gasteiger partial charge in [0.2, 0.25) is 0 Å². The van der Waals surface area contributed by atoms with Crippen molar-refractivity contribution in [3.63, 3.8) is 0 Å². The average Bonchev–Trinajstić information content (AvgIpc) is 3.13. The Hall–Kier alpha value is -3.28. The lowest BCUT2D eigenvalue weighted by Crippen LogP contribution is -2.18. The monoisotopic (exact) mass is 319 g/mol. The largest absolute Gasteiger partial charge is 0.289 e. The van der Waals surface area contributed by atoms with Gasteiger partial charge < -0.3 is 0 Å². The van der Waals surface area contributed by atoms with E-state index in [2.05, 4.69) is 44.8 Å². The molecule has 0 spiro atoms. The molecule has 24 heavy (non-hydrogen) atoms. The minimum absolute atomic E-state index is 0.350. The van der Waals surface area contributed by atoms with Crippen molar-refractivity contribution in [1.29, 1.82) is 0 Å². The van der Waals surface area contributed by atoms with E-state index in [1.54, 1.807) is 18.3 Å². The quantitative estimate of drug-likeness (QED) is 0.560. The molecule has 6 nitrogen and oxygen atoms in total. The number of amides is 1. The number of hydrogen-bond donors (Lipinski definition) is 2. The SMILES string of the molecule is CCc1ccc(-c2cc(C(=O)N/N=C\c3ccccn3)[nH]n2)cc1. The van der Waals surface area contributed by atoms with Crippen molar-refractivity contribution in [3.8, 4) is 11.3 Å². The minimum Gasteiger partial charge on any atom is -0.272 e. The van der Waals surface area contributed by atoms with Gasteiger partial charge in [-0.2, -0.15) is 10.2 Å². The predicted octanol–water partition coefficient (Wildman–Crippen LogP) is 2.80. The van der Waals surface area contributed by atoms with Gasteiger partial charge in [-0.3, -0.25) is 14.9 Å². The summed E-state index contributed by atoms with van der Waals surface area (Å²) in [5, 5.41) is 10.8. The van der Waals surface area contributed by atoms with Crippen LogP contribution in [0.1, 0.15) is 28.7 Å². The van der Waals surface area contributed by atoms with Crippen LogP contribution in [0.5, 0.6) is 0 Å². The van der Waals surface area contributed by atoms with Gasteiger partial charge in [0.25, 0.3) is 5.91 Å². The molecule has 2 aromatic heterocycles. The first-order valence-corrected chi connectivity index (χ1v) is 7.65. The van der Waals surface area contributed by atoms with Crippen LogP contribution in [0.25, 0.3) is 11.3 Å². The van der Waals surface area contributed by atoms with Crippen molar-refractivity contribution in [2.75, 3.05) is 0 Å². The van der Waals surface area contributed by atoms with Crippen molar-refractivity contribution in [2.45, 2.75) is 13.3 Å². The topological polar surface area (TPSA) is 83.0 Å². The summed E-state index contributed by atoms with van der Waals surface area (Å²) in [5.41, 5.74) is 6.40. The van der Waals surface area contributed by atoms with Gasteiger partial charge in [-0.25, -0.2) is 5.43 Å². The molecular formula is C18H17N5O. The molecule has 0 aliphatic rings. The van der Waals surface area contributed by atoms with Crippen molar-refractivity contribution < 1.29 is 4.79 Å². The Kier molecular flexibility index (Phi) is 4.76. The Morgan fingerprint density at radius 3 is 2.79 bits per heavy atom. The lowest BCUT2D eigenvalue weighted by Gasteiger charge is -1.98. The zero-order valence-electron chi connectivity index (χ0n) is 13.2. The molecule has 6 heteroatoms. The Balaban J connectivity index is 1.66. The van der Waals surface area contributed by atoms with Gasteiger partial charge in [0.1, 0.15) is 5.69 Å². The predicted molar refractivity (Wildman–Crippen MR) is 92.7 cm³/mol. The molecule has 0 aliphatic carbocycles. The molecule has 120 valence electrons. The molecule has 0 aliphatic heterocycles. The highest BCUT2D eigenvalue weighted by atomic mass is 16.2. The summed E-state index contributed by atoms with van der Waals surface area (Å²) in [4.78, 5) is 16.1. The number of benzene rings is 1. The van der Waals surface area contributed by atoms with Gasteiger partial charge >= 0.3 is 0 Å². The standard InChI is InChI=1S/C18H17N5O/c1-2-13-6-8-14(9-7-13)16-11-17(22-21-16)18(24)23-20-12-15-5-3-4-10-19-15/h3-12H,2H2,1H3,(H,21,22)(H,23,24)/b20-12-. The second-order valence-corrected chi connectivity index (χ2v) is 5.17. The third-order valence-corrected chi connectivity index (χ3v) is 3.53. The van der Waals surface area contributed by atoms with E-state index in [1.807, 2.05) is 24.3 Å². The van der Waals surface area contributed by atoms with E-state index in [-0.39, 0.29) is 5.91 Å². The molecule has 3 rings (SSSR count). The van der Waals surface area contributed by atoms with Gasteiger partial charge in [-0.1, -0.05) is 37.3 Å². The summed E-state index contributed by atoms with van der Waals surface area (Å²) in [6.45, 7) is 2.11. The highest BCUT2D eigenvalue weighted by Crippen LogP contribution is 2.18. The van der Waals surface area contributed by atoms with E-state index >= 15 is 0 Å². The maximum Gasteiger partial charge on any atom is 0.289 e. The molecular weight excluding hydrogens is 302 g/mol. The number of H-pyrrole nitrogens is 1. The fourth-order valence-electron chi connectivity index (χ4n) is 2.17. The van der Waals surface area contributed by atoms with Crippen LogP contribution in [-0.2, 0) is 6.42 Å². The van der Waals surface area contributed by atoms with Crippen LogP contribution in [0.4, 0.5) is 0 Å². The van der Waals surface area contributed by atoms with E-state index in [0.717, 1.165) is 17.7 Å². The molecule has 2 heterocycles. The summed E-state index contributed by atoms with van der Waals surface area (Å²) in [6, 6.07) is 15.3. The van der Waals surface area contributed by atoms with Gasteiger partial charge in [0.05, 0.1) is 17.6 Å². The maximum absolute atomic E-state index is 12.1. The number of nitrogens with one attached hydrogen (secondary N) is 2. The second-order valence-electron chi connectivity index (χ2n) is 5.17. The number of pyridine rings is 1. The number of carbonyl (C=O) groups excluding carboxylic acids is 1. The van der Waals surface area contributed by atoms with Gasteiger partial charge in [-0.15, -0.1) is 0 Å². The third kappa shape index (κ3) is 3.73. The summed E-state index contributed by atoms with van der Waals surface area (Å²) >= 11 is 0. The zero-order valence-corrected chi connectivity index (χ0v) is 13.2. The molecule has 2 N–H and O–H groups in total. The minimum atomic E-state index is -0.355. The lowest BCUT2D eigenvalue weighted by atomic mass is 10.1. The Morgan fingerprint density at radius 2 is 2.08 bits per heavy atom. The van der Waals surface area contributed by atoms with Crippen molar-refractivity contribution in [2.24, 2.45) is 5.10 Å². The Bertz CT molecular complexity index is 837. The highest BCUT2D eigenvalue weighted by molar-refractivity contribution is 5.93. The summed E-state index contributed by atoms with van der Waals surface area (Å²) in [6.07, 6.45) is 4.13. The summed E-state index contributed by atoms with van der Waals surface area (Å²) < 4.78 is 0. The number of aryl methyl sites for hydroxylation is 1. The molecule has 0 fully saturated rings. The van der Waals surface area contributed by atoms with Crippen molar-refractivity contribution in [3.05, 3.63) is 71.7 Å². The Morgan fingerprint density at radius 1 is 1.25 bits per heavy atom. The number of carbonyl (C=O) groups is 1. The number of aromatic nitrogens is 3. The first-order chi connectivity index (χ1) is 11.8. The number of aromatic amines is 1. The van der Waals surface area contributed by atoms with E-state index in [9.17, 15) is 4.79 Å². The van der Waals surface area contributed by atoms with Crippen LogP contribution in [0.15, 0.2) is 59.8 Å². The first kappa shape index (κ1) is 15.6. The van der Waals surface area contributed by atoms with Crippen molar-refractivity contribution >= 4 is 12.1 Å². The lowest BCUT2D eigenvalue weighted by molar-refractivity contribution is 0.0950. The normalized spacial score (nSPS) is 10.9. The van der Waals surface area contributed by atoms with E-state index in [0.29, 0.717) is 11.4 Å². The fraction of sp³-hybridized carbons (Fsp3) is 0.111. The molecule has 0 saturated carbocycles. The zero-order chi connectivity index (χ0) is 16.8. The first-order valence-electron chi connectivity index (χ1n) is 7.65. The maximum atomic E-state index is 12.1. The molecule has 0 radical (unpaired) electrons. The number of hydrogen-bond acceptors (Lipinski definition) is 4. The fourth-order valence-corrected chi connectivity index (χ4v) is 2.17. The van der Waals surface area contributed by atoms with Crippen LogP contribution in [0, 0.1) is 0 Å². The second kappa shape index (κ2) is 7.32. The molecule has 1 amide bonds. The molecule has 0 saturated heterocycles. The highest BCUT2D eigenvalue weighted by Gasteiger charge is 2.10. The number of hydrazone groups is 1. The van der Waals surface area contributed by atoms with Crippen LogP contribution < -0.4 is 5.43 Å². The third-order valence-electron chi connectivity index (χ3n) is 3.53. The number of rotatable bonds is 5. The van der Waals surface area contributed by atoms with Gasteiger partial charge in [0, 0.05) is 11.8 Å². The van der Waals surface area contributed by atoms with Gasteiger partial charge in [0.15, 0.2) is 0 Å². The van der Waals surface area contributed by atoms with E-state index < -0.39 is 0 Å². The van der Waals surface area contributed by atoms with E-state index in [1.165, 1.54) is 11.8 Å². The molecule has 1 aromatic carbocycles. The summed E-state index contributed by atoms with van der Waals surface area (Å²) in [7, 11) is 0. The summed E-state index contributed by atoms with van der Waals surface area (Å²) in [5.74, 6) is -0.355. The smallest absolute Gasteiger partial charge is 0.272 e. The van der Waals surface area contributed by atoms with Crippen molar-refractivity contribution in [1.82, 2.24) is 20.6 Å². The number of nitrogens with zero attached hydrogens (tertiary/aromatic N) is 3. The van der Waals surface area contributed by atoms with Crippen LogP contribution >= 0.6 is 0 Å². The van der Waals surface area contributed by atoms with Crippen LogP contribution in [0.3, 0.4) is 0 Å². The van der Waals surface area contributed by atoms with E-state index in [4.69, 9.17) is 0 Å². The van der Waals surface area contributed by atoms with Crippen LogP contribution in [-0.4, -0.2) is 27.3 Å². The Labute approximate surface area is 139 Å².